The molecular formula is C56H80O32S8. The van der Waals surface area contributed by atoms with Gasteiger partial charge in [0.05, 0.1) is 98.9 Å². The second kappa shape index (κ2) is 34.6. The maximum atomic E-state index is 12.0. The standard InChI is InChI=1S/C56H80O32S8/c1-37-41-29-43(51(83-15-7-23-91(63,64)65)33-49(41)81-13-5-21-89(57,58)59)38(2)45-31-47(55(87-19-11-27-95(75,76)77)35-53(45)85-17-9-25-93(69,70)71)40(4)48-32-46(54(86-18-10-26-94(72,73)74)36-56(48)88-20-12-28-96(78,79)80)39(3)44-30-42(37)50(82-14-6-22-90(60,61)62)34-52(44)84-16-8-24-92(66,67)68/h29-40H,5-28H2,1-4H3,(H,57,58,59)(H,60,61,62)(H,63,64,65)(H,66,67,68)(H,69,70,71)(H,72,73,74)(H,75,76,77)(H,78,79,80). The van der Waals surface area contributed by atoms with Crippen LogP contribution < -0.4 is 37.9 Å². The van der Waals surface area contributed by atoms with Crippen LogP contribution in [0.25, 0.3) is 0 Å². The first kappa shape index (κ1) is 81.2. The third kappa shape index (κ3) is 28.4. The fraction of sp³-hybridized carbons (Fsp3) is 0.571. The van der Waals surface area contributed by atoms with Crippen LogP contribution in [0.4, 0.5) is 0 Å². The van der Waals surface area contributed by atoms with E-state index in [0.717, 1.165) is 0 Å². The van der Waals surface area contributed by atoms with Gasteiger partial charge in [0.2, 0.25) is 0 Å². The second-order valence-electron chi connectivity index (χ2n) is 22.5. The van der Waals surface area contributed by atoms with Gasteiger partial charge >= 0.3 is 0 Å². The molecule has 0 fully saturated rings. The van der Waals surface area contributed by atoms with Crippen molar-refractivity contribution >= 4 is 80.9 Å². The number of fused-ring (bicyclic) bond motifs is 8. The Bertz CT molecular complexity index is 3490. The Kier molecular flexibility index (Phi) is 29.2. The van der Waals surface area contributed by atoms with E-state index in [1.165, 1.54) is 24.3 Å². The lowest BCUT2D eigenvalue weighted by Crippen LogP contribution is -2.16. The van der Waals surface area contributed by atoms with Gasteiger partial charge in [-0.3, -0.25) is 36.4 Å². The molecule has 0 unspecified atom stereocenters. The lowest BCUT2D eigenvalue weighted by atomic mass is 9.80. The normalized spacial score (nSPS) is 16.5. The number of benzene rings is 4. The van der Waals surface area contributed by atoms with Gasteiger partial charge in [-0.2, -0.15) is 67.3 Å². The topological polar surface area (TPSA) is 509 Å². The first-order chi connectivity index (χ1) is 44.3. The minimum atomic E-state index is -4.56. The lowest BCUT2D eigenvalue weighted by molar-refractivity contribution is 0.289. The van der Waals surface area contributed by atoms with Crippen LogP contribution in [0.2, 0.25) is 0 Å². The molecule has 0 heterocycles. The summed E-state index contributed by atoms with van der Waals surface area (Å²) >= 11 is 0. The smallest absolute Gasteiger partial charge is 0.264 e. The Balaban J connectivity index is 2.06. The molecule has 8 N–H and O–H groups in total. The monoisotopic (exact) mass is 1520 g/mol. The quantitative estimate of drug-likeness (QED) is 0.0191. The Morgan fingerprint density at radius 3 is 0.417 bits per heavy atom. The average molecular weight is 1520 g/mol. The average Bonchev–Trinajstić information content (AvgIpc) is 0.764. The van der Waals surface area contributed by atoms with Crippen molar-refractivity contribution in [1.82, 2.24) is 0 Å². The molecular weight excluding hydrogens is 1440 g/mol. The van der Waals surface area contributed by atoms with Gasteiger partial charge in [0, 0.05) is 92.4 Å². The highest BCUT2D eigenvalue weighted by Crippen LogP contribution is 2.51. The van der Waals surface area contributed by atoms with E-state index in [1.54, 1.807) is 52.0 Å². The lowest BCUT2D eigenvalue weighted by Gasteiger charge is -2.30. The molecule has 0 aromatic heterocycles. The molecule has 0 saturated heterocycles. The molecule has 0 spiro atoms. The number of ether oxygens (including phenoxy) is 8. The maximum absolute atomic E-state index is 12.0. The summed E-state index contributed by atoms with van der Waals surface area (Å²) < 4.78 is 320. The minimum Gasteiger partial charge on any atom is -0.493 e. The van der Waals surface area contributed by atoms with Crippen molar-refractivity contribution in [3.8, 4) is 46.0 Å². The maximum Gasteiger partial charge on any atom is 0.264 e. The zero-order valence-corrected chi connectivity index (χ0v) is 59.1. The highest BCUT2D eigenvalue weighted by molar-refractivity contribution is 7.87. The zero-order valence-electron chi connectivity index (χ0n) is 52.5. The molecule has 32 nitrogen and oxygen atoms in total. The molecule has 4 aromatic carbocycles. The van der Waals surface area contributed by atoms with E-state index < -0.39 is 203 Å². The van der Waals surface area contributed by atoms with Crippen molar-refractivity contribution in [2.24, 2.45) is 0 Å². The number of rotatable bonds is 40. The second-order valence-corrected chi connectivity index (χ2v) is 35.1. The van der Waals surface area contributed by atoms with E-state index >= 15 is 0 Å². The van der Waals surface area contributed by atoms with Gasteiger partial charge in [0.1, 0.15) is 46.0 Å². The van der Waals surface area contributed by atoms with Crippen LogP contribution in [-0.2, 0) is 80.9 Å². The molecule has 4 aromatic rings. The molecule has 0 atom stereocenters. The Morgan fingerprint density at radius 2 is 0.323 bits per heavy atom. The van der Waals surface area contributed by atoms with Gasteiger partial charge < -0.3 is 37.9 Å². The van der Waals surface area contributed by atoms with E-state index in [9.17, 15) is 104 Å². The largest absolute Gasteiger partial charge is 0.493 e. The molecule has 0 saturated carbocycles. The Hall–Kier alpha value is -5.44. The van der Waals surface area contributed by atoms with E-state index in [1.807, 2.05) is 0 Å². The van der Waals surface area contributed by atoms with Crippen molar-refractivity contribution in [3.63, 3.8) is 0 Å². The summed E-state index contributed by atoms with van der Waals surface area (Å²) in [6.07, 6.45) is -2.42. The summed E-state index contributed by atoms with van der Waals surface area (Å²) in [6.45, 7) is 3.37. The van der Waals surface area contributed by atoms with Crippen LogP contribution in [0.5, 0.6) is 46.0 Å². The van der Waals surface area contributed by atoms with Crippen molar-refractivity contribution in [2.75, 3.05) is 98.9 Å². The predicted octanol–water partition coefficient (Wildman–Crippen LogP) is 5.86. The summed E-state index contributed by atoms with van der Waals surface area (Å²) in [5.74, 6) is -10.7. The van der Waals surface area contributed by atoms with Crippen molar-refractivity contribution in [3.05, 3.63) is 93.0 Å². The number of hydrogen-bond donors (Lipinski definition) is 8. The van der Waals surface area contributed by atoms with Gasteiger partial charge in [0.15, 0.2) is 0 Å². The van der Waals surface area contributed by atoms with E-state index in [-0.39, 0.29) is 142 Å². The summed E-state index contributed by atoms with van der Waals surface area (Å²) in [7, 11) is -36.4. The summed E-state index contributed by atoms with van der Waals surface area (Å²) in [4.78, 5) is 0. The summed E-state index contributed by atoms with van der Waals surface area (Å²) in [5, 5.41) is 0. The van der Waals surface area contributed by atoms with Crippen LogP contribution in [0, 0.1) is 0 Å². The minimum absolute atomic E-state index is 0.0424. The van der Waals surface area contributed by atoms with Crippen LogP contribution in [-0.4, -0.2) is 203 Å². The molecule has 8 bridgehead atoms. The Morgan fingerprint density at radius 1 is 0.219 bits per heavy atom. The molecule has 0 aliphatic heterocycles. The first-order valence-corrected chi connectivity index (χ1v) is 42.5. The van der Waals surface area contributed by atoms with E-state index in [4.69, 9.17) is 37.9 Å². The molecule has 1 aliphatic rings. The van der Waals surface area contributed by atoms with E-state index in [0.29, 0.717) is 0 Å². The summed E-state index contributed by atoms with van der Waals surface area (Å²) in [6, 6.07) is 11.9. The predicted molar refractivity (Wildman–Crippen MR) is 348 cm³/mol. The highest BCUT2D eigenvalue weighted by Gasteiger charge is 2.33. The molecule has 96 heavy (non-hydrogen) atoms. The van der Waals surface area contributed by atoms with Gasteiger partial charge in [-0.15, -0.1) is 0 Å². The third-order valence-corrected chi connectivity index (χ3v) is 21.2. The van der Waals surface area contributed by atoms with Crippen molar-refractivity contribution < 1.29 is 142 Å². The molecule has 544 valence electrons. The van der Waals surface area contributed by atoms with Gasteiger partial charge in [0.25, 0.3) is 80.9 Å². The number of hydrogen-bond acceptors (Lipinski definition) is 24. The van der Waals surface area contributed by atoms with Crippen molar-refractivity contribution in [2.45, 2.75) is 103 Å². The SMILES string of the molecule is CC1c2cc(c(OCCCS(=O)(=O)O)cc2OCCCS(=O)(=O)O)C(C)c2cc(c(OCCCS(=O)(=O)O)cc2OCCCS(=O)(=O)O)C(C)c2cc(c(OCCCS(=O)(=O)O)cc2OCCCS(=O)(=O)O)C(C)c2cc1c(OCCCS(=O)(=O)O)cc2OCCCS(=O)(=O)O. The van der Waals surface area contributed by atoms with E-state index in [2.05, 4.69) is 0 Å². The van der Waals surface area contributed by atoms with Crippen LogP contribution in [0.1, 0.15) is 147 Å². The summed E-state index contributed by atoms with van der Waals surface area (Å²) in [5.41, 5.74) is 1.84. The molecule has 5 rings (SSSR count). The van der Waals surface area contributed by atoms with Crippen LogP contribution in [0.15, 0.2) is 48.5 Å². The van der Waals surface area contributed by atoms with Crippen LogP contribution >= 0.6 is 0 Å². The zero-order chi connectivity index (χ0) is 71.8. The fourth-order valence-corrected chi connectivity index (χ4v) is 14.0. The first-order valence-electron chi connectivity index (χ1n) is 29.6. The van der Waals surface area contributed by atoms with Gasteiger partial charge in [-0.05, 0) is 75.6 Å². The molecule has 0 radical (unpaired) electrons. The highest BCUT2D eigenvalue weighted by atomic mass is 32.2. The van der Waals surface area contributed by atoms with Gasteiger partial charge in [-0.1, -0.05) is 27.7 Å². The van der Waals surface area contributed by atoms with Gasteiger partial charge in [-0.25, -0.2) is 0 Å². The third-order valence-electron chi connectivity index (χ3n) is 14.7. The molecule has 1 aliphatic carbocycles. The molecule has 0 amide bonds. The Labute approximate surface area is 559 Å². The fourth-order valence-electron chi connectivity index (χ4n) is 10.1. The van der Waals surface area contributed by atoms with Crippen LogP contribution in [0.3, 0.4) is 0 Å². The van der Waals surface area contributed by atoms with Crippen molar-refractivity contribution in [1.29, 1.82) is 0 Å². The molecule has 40 heteroatoms.